The smallest absolute Gasteiger partial charge is 0.254 e. The Kier molecular flexibility index (Phi) is 8.88. The Morgan fingerprint density at radius 1 is 0.675 bits per heavy atom. The quantitative estimate of drug-likeness (QED) is 0.386. The molecule has 0 aromatic heterocycles. The van der Waals surface area contributed by atoms with Crippen molar-refractivity contribution in [1.29, 1.82) is 0 Å². The molecule has 3 aromatic carbocycles. The lowest BCUT2D eigenvalue weighted by molar-refractivity contribution is -0.127. The van der Waals surface area contributed by atoms with Crippen LogP contribution in [-0.4, -0.2) is 76.2 Å². The van der Waals surface area contributed by atoms with Crippen LogP contribution in [0.5, 0.6) is 23.0 Å². The van der Waals surface area contributed by atoms with Crippen molar-refractivity contribution in [3.8, 4) is 23.0 Å². The minimum atomic E-state index is -0.749. The highest BCUT2D eigenvalue weighted by molar-refractivity contribution is 6.00. The van der Waals surface area contributed by atoms with E-state index in [1.807, 2.05) is 0 Å². The van der Waals surface area contributed by atoms with Crippen molar-refractivity contribution in [1.82, 2.24) is 9.80 Å². The van der Waals surface area contributed by atoms with Crippen LogP contribution in [0.1, 0.15) is 21.5 Å². The van der Waals surface area contributed by atoms with Gasteiger partial charge in [-0.3, -0.25) is 9.59 Å². The second kappa shape index (κ2) is 12.5. The Morgan fingerprint density at radius 3 is 1.73 bits per heavy atom. The number of ether oxygens (including phenoxy) is 4. The van der Waals surface area contributed by atoms with Gasteiger partial charge in [-0.1, -0.05) is 12.1 Å². The van der Waals surface area contributed by atoms with Crippen molar-refractivity contribution >= 4 is 17.4 Å². The van der Waals surface area contributed by atoms with Gasteiger partial charge >= 0.3 is 0 Å². The molecule has 1 aliphatic rings. The first-order chi connectivity index (χ1) is 19.3. The topological polar surface area (TPSA) is 77.5 Å². The van der Waals surface area contributed by atoms with Crippen LogP contribution in [0.3, 0.4) is 0 Å². The summed E-state index contributed by atoms with van der Waals surface area (Å²) in [5.41, 5.74) is 1.55. The van der Waals surface area contributed by atoms with E-state index >= 15 is 0 Å². The van der Waals surface area contributed by atoms with Gasteiger partial charge in [-0.25, -0.2) is 8.78 Å². The van der Waals surface area contributed by atoms with Gasteiger partial charge < -0.3 is 28.7 Å². The number of benzene rings is 3. The molecule has 0 saturated carbocycles. The van der Waals surface area contributed by atoms with Gasteiger partial charge in [0.1, 0.15) is 17.4 Å². The van der Waals surface area contributed by atoms with Gasteiger partial charge in [0, 0.05) is 43.9 Å². The van der Waals surface area contributed by atoms with Gasteiger partial charge in [-0.15, -0.1) is 0 Å². The summed E-state index contributed by atoms with van der Waals surface area (Å²) >= 11 is 0. The summed E-state index contributed by atoms with van der Waals surface area (Å²) in [4.78, 5) is 29.8. The van der Waals surface area contributed by atoms with Crippen LogP contribution in [0.25, 0.3) is 5.57 Å². The Hall–Kier alpha value is -4.60. The zero-order valence-electron chi connectivity index (χ0n) is 22.7. The number of methoxy groups -OCH3 is 4. The molecule has 0 bridgehead atoms. The predicted molar refractivity (Wildman–Crippen MR) is 145 cm³/mol. The number of halogens is 2. The highest BCUT2D eigenvalue weighted by Gasteiger charge is 2.26. The average Bonchev–Trinajstić information content (AvgIpc) is 2.98. The number of piperazine rings is 1. The molecule has 0 atom stereocenters. The Labute approximate surface area is 231 Å². The molecule has 2 amide bonds. The molecule has 210 valence electrons. The highest BCUT2D eigenvalue weighted by Crippen LogP contribution is 2.38. The zero-order valence-corrected chi connectivity index (χ0v) is 22.7. The van der Waals surface area contributed by atoms with Gasteiger partial charge in [0.2, 0.25) is 11.7 Å². The third-order valence-corrected chi connectivity index (χ3v) is 6.63. The molecule has 1 aliphatic heterocycles. The molecule has 0 aliphatic carbocycles. The SMILES string of the molecule is COc1ccc(/C(=C/C(=O)N2CCN(C(=O)c3cc(OC)c(OC)c(OC)c3)CC2)c2cc(F)cc(F)c2)cc1. The lowest BCUT2D eigenvalue weighted by atomic mass is 9.96. The monoisotopic (exact) mass is 552 g/mol. The summed E-state index contributed by atoms with van der Waals surface area (Å²) in [6.07, 6.45) is 1.37. The van der Waals surface area contributed by atoms with E-state index in [-0.39, 0.29) is 30.5 Å². The van der Waals surface area contributed by atoms with Crippen molar-refractivity contribution in [2.45, 2.75) is 0 Å². The maximum atomic E-state index is 14.1. The summed E-state index contributed by atoms with van der Waals surface area (Å²) in [5.74, 6) is -0.358. The molecule has 40 heavy (non-hydrogen) atoms. The lowest BCUT2D eigenvalue weighted by Crippen LogP contribution is -2.50. The van der Waals surface area contributed by atoms with E-state index in [0.717, 1.165) is 6.07 Å². The highest BCUT2D eigenvalue weighted by atomic mass is 19.1. The normalized spacial score (nSPS) is 13.6. The van der Waals surface area contributed by atoms with Gasteiger partial charge in [-0.2, -0.15) is 0 Å². The third-order valence-electron chi connectivity index (χ3n) is 6.63. The molecular weight excluding hydrogens is 522 g/mol. The number of hydrogen-bond donors (Lipinski definition) is 0. The first-order valence-electron chi connectivity index (χ1n) is 12.5. The van der Waals surface area contributed by atoms with E-state index in [9.17, 15) is 18.4 Å². The second-order valence-electron chi connectivity index (χ2n) is 8.98. The number of carbonyl (C=O) groups excluding carboxylic acids is 2. The van der Waals surface area contributed by atoms with Crippen LogP contribution in [0.4, 0.5) is 8.78 Å². The van der Waals surface area contributed by atoms with Crippen LogP contribution in [0.2, 0.25) is 0 Å². The average molecular weight is 553 g/mol. The maximum Gasteiger partial charge on any atom is 0.254 e. The van der Waals surface area contributed by atoms with E-state index in [0.29, 0.717) is 52.8 Å². The molecule has 0 unspecified atom stereocenters. The molecule has 1 fully saturated rings. The fraction of sp³-hybridized carbons (Fsp3) is 0.267. The number of amides is 2. The molecule has 0 spiro atoms. The summed E-state index contributed by atoms with van der Waals surface area (Å²) in [6.45, 7) is 1.14. The van der Waals surface area contributed by atoms with Crippen LogP contribution in [-0.2, 0) is 4.79 Å². The molecule has 0 radical (unpaired) electrons. The largest absolute Gasteiger partial charge is 0.497 e. The number of rotatable bonds is 8. The number of nitrogens with zero attached hydrogens (tertiary/aromatic N) is 2. The van der Waals surface area contributed by atoms with E-state index in [1.165, 1.54) is 46.6 Å². The number of hydrogen-bond acceptors (Lipinski definition) is 6. The van der Waals surface area contributed by atoms with Crippen molar-refractivity contribution in [3.05, 3.63) is 89.0 Å². The summed E-state index contributed by atoms with van der Waals surface area (Å²) < 4.78 is 49.4. The van der Waals surface area contributed by atoms with Crippen molar-refractivity contribution < 1.29 is 37.3 Å². The van der Waals surface area contributed by atoms with E-state index < -0.39 is 11.6 Å². The first kappa shape index (κ1) is 28.4. The Bertz CT molecular complexity index is 1370. The van der Waals surface area contributed by atoms with Crippen molar-refractivity contribution in [2.24, 2.45) is 0 Å². The van der Waals surface area contributed by atoms with E-state index in [4.69, 9.17) is 18.9 Å². The molecule has 0 N–H and O–H groups in total. The van der Waals surface area contributed by atoms with E-state index in [1.54, 1.807) is 46.2 Å². The predicted octanol–water partition coefficient (Wildman–Crippen LogP) is 4.42. The van der Waals surface area contributed by atoms with Gasteiger partial charge in [0.15, 0.2) is 11.5 Å². The van der Waals surface area contributed by atoms with Crippen LogP contribution >= 0.6 is 0 Å². The number of carbonyl (C=O) groups is 2. The zero-order chi connectivity index (χ0) is 28.8. The molecule has 8 nitrogen and oxygen atoms in total. The van der Waals surface area contributed by atoms with Crippen molar-refractivity contribution in [3.63, 3.8) is 0 Å². The molecule has 1 heterocycles. The minimum Gasteiger partial charge on any atom is -0.497 e. The maximum absolute atomic E-state index is 14.1. The summed E-state index contributed by atoms with van der Waals surface area (Å²) in [5, 5.41) is 0. The molecule has 4 rings (SSSR count). The van der Waals surface area contributed by atoms with Crippen LogP contribution in [0, 0.1) is 11.6 Å². The molecule has 10 heteroatoms. The van der Waals surface area contributed by atoms with E-state index in [2.05, 4.69) is 0 Å². The Morgan fingerprint density at radius 2 is 1.23 bits per heavy atom. The second-order valence-corrected chi connectivity index (χ2v) is 8.98. The van der Waals surface area contributed by atoms with Crippen LogP contribution in [0.15, 0.2) is 60.7 Å². The summed E-state index contributed by atoms with van der Waals surface area (Å²) in [7, 11) is 5.96. The third kappa shape index (κ3) is 6.17. The lowest BCUT2D eigenvalue weighted by Gasteiger charge is -2.34. The molecular formula is C30H30F2N2O6. The molecule has 3 aromatic rings. The van der Waals surface area contributed by atoms with Crippen molar-refractivity contribution in [2.75, 3.05) is 54.6 Å². The van der Waals surface area contributed by atoms with Gasteiger partial charge in [0.05, 0.1) is 28.4 Å². The fourth-order valence-corrected chi connectivity index (χ4v) is 4.55. The standard InChI is InChI=1S/C30H30F2N2O6/c1-37-24-7-5-19(6-8-24)25(20-13-22(31)17-23(32)14-20)18-28(35)33-9-11-34(12-10-33)30(36)21-15-26(38-2)29(40-4)27(16-21)39-3/h5-8,13-18H,9-12H2,1-4H3/b25-18-. The van der Waals surface area contributed by atoms with Gasteiger partial charge in [0.25, 0.3) is 5.91 Å². The molecule has 1 saturated heterocycles. The first-order valence-corrected chi connectivity index (χ1v) is 12.5. The van der Waals surface area contributed by atoms with Crippen LogP contribution < -0.4 is 18.9 Å². The van der Waals surface area contributed by atoms with Gasteiger partial charge in [-0.05, 0) is 53.1 Å². The Balaban J connectivity index is 1.54. The summed E-state index contributed by atoms with van der Waals surface area (Å²) in [6, 6.07) is 13.2. The fourth-order valence-electron chi connectivity index (χ4n) is 4.55. The minimum absolute atomic E-state index is 0.229.